The summed E-state index contributed by atoms with van der Waals surface area (Å²) in [6, 6.07) is -7.84. The van der Waals surface area contributed by atoms with Gasteiger partial charge in [0.25, 0.3) is 11.8 Å². The molecule has 2 aliphatic heterocycles. The molecule has 0 aromatic carbocycles. The quantitative estimate of drug-likeness (QED) is 0.0222. The van der Waals surface area contributed by atoms with Crippen LogP contribution in [0.1, 0.15) is 82.4 Å². The van der Waals surface area contributed by atoms with Crippen LogP contribution in [0.2, 0.25) is 0 Å². The zero-order valence-corrected chi connectivity index (χ0v) is 51.0. The van der Waals surface area contributed by atoms with Gasteiger partial charge in [0.05, 0.1) is 72.7 Å². The minimum absolute atomic E-state index is 0.00609. The Hall–Kier alpha value is -7.65. The summed E-state index contributed by atoms with van der Waals surface area (Å²) < 4.78 is 28.7. The number of aromatic amines is 1. The number of rotatable bonds is 31. The van der Waals surface area contributed by atoms with E-state index in [-0.39, 0.29) is 54.0 Å². The Labute approximate surface area is 524 Å². The first-order valence-corrected chi connectivity index (χ1v) is 29.6. The predicted octanol–water partition coefficient (Wildman–Crippen LogP) is -8.34. The molecule has 0 bridgehead atoms. The Morgan fingerprint density at radius 3 is 2.09 bits per heavy atom. The van der Waals surface area contributed by atoms with Gasteiger partial charge in [-0.3, -0.25) is 33.6 Å². The van der Waals surface area contributed by atoms with Gasteiger partial charge in [-0.05, 0) is 20.8 Å². The maximum absolute atomic E-state index is 15.1. The topological polar surface area (TPSA) is 627 Å². The van der Waals surface area contributed by atoms with E-state index in [4.69, 9.17) is 52.4 Å². The van der Waals surface area contributed by atoms with Crippen molar-refractivity contribution in [3.63, 3.8) is 0 Å². The van der Waals surface area contributed by atoms with Crippen LogP contribution in [0, 0.1) is 12.8 Å². The van der Waals surface area contributed by atoms with Crippen LogP contribution in [0.15, 0.2) is 23.3 Å². The standard InChI is InChI=1S/C51H75N17O21S2/c1-16-29(65-42(68-40(16)54)21(8-27(53)72)60-9-20(52)41(55)78)46(82)67-31(37(22-10-58-15-61-22)87-50-39(35(76)33(74)25(11-69)86-50)88-49-36(77)38(89-51(56)84)34(75)26(12-70)85-49)47(83)62-18(3)32(73)17(2)43(79)66-30(19(4)71)45(81)59-7-6-28-63-24(14-90-28)48-64-23(13-91-48)44(80)57-5/h10,13-15,17-21,25-26,30-39,49-50,60,69-71,73-77H,6-9,11-12,52H2,1-5H3,(H2,53,72)(H2,55,78)(H2,56,84)(H,57,80)(H,58,61)(H,59,81)(H,62,83)(H,66,79)(H,67,82)(H2,54,65,68)/t17-,18+,19+,20-,21-,25-,26+,30-,31-,32-,33+,34+,35-,36-,37-,38-,39-,49+,50-/m0/s1. The lowest BCUT2D eigenvalue weighted by atomic mass is 9.96. The number of aliphatic hydroxyl groups excluding tert-OH is 8. The lowest BCUT2D eigenvalue weighted by Gasteiger charge is -2.47. The number of imidazole rings is 1. The molecule has 38 nitrogen and oxygen atoms in total. The molecule has 502 valence electrons. The average Bonchev–Trinajstić information content (AvgIpc) is 2.00. The molecule has 40 heteroatoms. The Kier molecular flexibility index (Phi) is 25.9. The van der Waals surface area contributed by atoms with Crippen LogP contribution in [0.25, 0.3) is 10.7 Å². The first kappa shape index (κ1) is 72.4. The second-order valence-electron chi connectivity index (χ2n) is 21.1. The van der Waals surface area contributed by atoms with E-state index in [1.165, 1.54) is 57.4 Å². The number of primary amides is 3. The third kappa shape index (κ3) is 18.3. The molecule has 2 fully saturated rings. The van der Waals surface area contributed by atoms with Gasteiger partial charge in [0, 0.05) is 49.3 Å². The molecule has 91 heavy (non-hydrogen) atoms. The second-order valence-corrected chi connectivity index (χ2v) is 22.9. The van der Waals surface area contributed by atoms with Gasteiger partial charge in [-0.25, -0.2) is 29.7 Å². The third-order valence-corrected chi connectivity index (χ3v) is 16.3. The molecule has 0 saturated carbocycles. The predicted molar refractivity (Wildman–Crippen MR) is 311 cm³/mol. The number of carbonyl (C=O) groups is 8. The van der Waals surface area contributed by atoms with Crippen LogP contribution in [-0.2, 0) is 54.1 Å². The number of ether oxygens (including phenoxy) is 5. The number of hydrogen-bond acceptors (Lipinski definition) is 31. The number of thiazole rings is 2. The number of nitrogens with zero attached hydrogens (tertiary/aromatic N) is 5. The van der Waals surface area contributed by atoms with E-state index in [9.17, 15) is 74.4 Å². The minimum Gasteiger partial charge on any atom is -0.441 e. The van der Waals surface area contributed by atoms with Gasteiger partial charge in [0.1, 0.15) is 94.6 Å². The van der Waals surface area contributed by atoms with Crippen molar-refractivity contribution in [1.29, 1.82) is 0 Å². The molecular formula is C51H75N17O21S2. The van der Waals surface area contributed by atoms with Crippen LogP contribution in [0.4, 0.5) is 10.6 Å². The van der Waals surface area contributed by atoms with Crippen LogP contribution in [-0.4, -0.2) is 249 Å². The Bertz CT molecular complexity index is 3160. The van der Waals surface area contributed by atoms with Crippen LogP contribution >= 0.6 is 22.7 Å². The third-order valence-electron chi connectivity index (χ3n) is 14.5. The first-order chi connectivity index (χ1) is 43.0. The van der Waals surface area contributed by atoms with Crippen molar-refractivity contribution < 1.29 is 103 Å². The highest BCUT2D eigenvalue weighted by Gasteiger charge is 2.54. The SMILES string of the molecule is CNC(=O)c1csc(-c2csc(CCNC(=O)[C@@H](NC(=O)[C@@H](C)[C@H](O)[C@@H](C)NC(=O)[C@@H](NC(=O)c3nc([C@H](CC(N)=O)NC[C@H](N)C(N)=O)nc(N)c3C)[C@@H](O[C@@H]3O[C@@H](CO)[C@@H](O)[C@H](O)[C@@H]3O[C@H]3O[C@H](CO)[C@@H](O)[C@H](OC(N)=O)[C@@H]3O)c3cnc[nH]3)[C@@H](C)O)n2)n1. The van der Waals surface area contributed by atoms with E-state index in [1.807, 2.05) is 0 Å². The van der Waals surface area contributed by atoms with Crippen molar-refractivity contribution in [2.75, 3.05) is 39.1 Å². The molecule has 4 aromatic rings. The zero-order valence-electron chi connectivity index (χ0n) is 49.3. The maximum atomic E-state index is 15.1. The number of H-pyrrole nitrogens is 1. The fourth-order valence-corrected chi connectivity index (χ4v) is 10.9. The summed E-state index contributed by atoms with van der Waals surface area (Å²) in [5.74, 6) is -8.76. The normalized spacial score (nSPS) is 24.6. The van der Waals surface area contributed by atoms with Crippen molar-refractivity contribution in [3.8, 4) is 10.7 Å². The molecular weight excluding hydrogens is 1250 g/mol. The highest BCUT2D eigenvalue weighted by molar-refractivity contribution is 7.14. The molecule has 0 aliphatic carbocycles. The van der Waals surface area contributed by atoms with Crippen molar-refractivity contribution in [2.45, 2.75) is 150 Å². The van der Waals surface area contributed by atoms with E-state index < -0.39 is 183 Å². The summed E-state index contributed by atoms with van der Waals surface area (Å²) in [5, 5.41) is 107. The number of nitrogens with two attached hydrogens (primary N) is 5. The monoisotopic (exact) mass is 1330 g/mol. The van der Waals surface area contributed by atoms with Gasteiger partial charge in [0.15, 0.2) is 18.7 Å². The van der Waals surface area contributed by atoms with E-state index in [0.717, 1.165) is 12.5 Å². The highest BCUT2D eigenvalue weighted by atomic mass is 32.1. The summed E-state index contributed by atoms with van der Waals surface area (Å²) in [7, 11) is 1.47. The van der Waals surface area contributed by atoms with Gasteiger partial charge < -0.3 is 130 Å². The number of aromatic nitrogens is 6. The summed E-state index contributed by atoms with van der Waals surface area (Å²) in [6.45, 7) is 2.63. The van der Waals surface area contributed by atoms with Crippen molar-refractivity contribution in [3.05, 3.63) is 56.8 Å². The average molecular weight is 1330 g/mol. The van der Waals surface area contributed by atoms with Crippen LogP contribution < -0.4 is 60.6 Å². The summed E-state index contributed by atoms with van der Waals surface area (Å²) >= 11 is 2.48. The van der Waals surface area contributed by atoms with Crippen LogP contribution in [0.3, 0.4) is 0 Å². The number of anilines is 1. The molecule has 6 rings (SSSR count). The van der Waals surface area contributed by atoms with Crippen molar-refractivity contribution in [1.82, 2.24) is 61.8 Å². The molecule has 25 N–H and O–H groups in total. The minimum atomic E-state index is -2.20. The molecule has 0 unspecified atom stereocenters. The zero-order chi connectivity index (χ0) is 67.3. The van der Waals surface area contributed by atoms with E-state index >= 15 is 4.79 Å². The first-order valence-electron chi connectivity index (χ1n) is 27.9. The fourth-order valence-electron chi connectivity index (χ4n) is 9.27. The Morgan fingerprint density at radius 2 is 1.47 bits per heavy atom. The number of amides is 8. The van der Waals surface area contributed by atoms with Gasteiger partial charge in [-0.1, -0.05) is 6.92 Å². The molecule has 8 amide bonds. The molecule has 19 atom stereocenters. The lowest BCUT2D eigenvalue weighted by Crippen LogP contribution is -2.65. The molecule has 2 aliphatic rings. The molecule has 0 radical (unpaired) electrons. The lowest BCUT2D eigenvalue weighted by molar-refractivity contribution is -0.372. The van der Waals surface area contributed by atoms with Crippen LogP contribution in [0.5, 0.6) is 0 Å². The number of hydrogen-bond donors (Lipinski definition) is 20. The number of aliphatic hydroxyl groups is 8. The van der Waals surface area contributed by atoms with Crippen molar-refractivity contribution in [2.24, 2.45) is 28.9 Å². The maximum Gasteiger partial charge on any atom is 0.404 e. The number of nitrogen functional groups attached to an aromatic ring is 1. The van der Waals surface area contributed by atoms with Gasteiger partial charge >= 0.3 is 6.09 Å². The Balaban J connectivity index is 1.30. The molecule has 6 heterocycles. The summed E-state index contributed by atoms with van der Waals surface area (Å²) in [5.41, 5.74) is 28.0. The molecule has 4 aromatic heterocycles. The van der Waals surface area contributed by atoms with E-state index in [0.29, 0.717) is 15.7 Å². The smallest absolute Gasteiger partial charge is 0.404 e. The number of carbonyl (C=O) groups excluding carboxylic acids is 8. The largest absolute Gasteiger partial charge is 0.441 e. The van der Waals surface area contributed by atoms with Crippen molar-refractivity contribution >= 4 is 75.9 Å². The van der Waals surface area contributed by atoms with Gasteiger partial charge in [0.2, 0.25) is 29.5 Å². The number of nitrogens with one attached hydrogen (secondary N) is 7. The molecule has 2 saturated heterocycles. The second kappa shape index (κ2) is 32.6. The summed E-state index contributed by atoms with van der Waals surface area (Å²) in [4.78, 5) is 129. The molecule has 0 spiro atoms. The highest BCUT2D eigenvalue weighted by Crippen LogP contribution is 2.35. The van der Waals surface area contributed by atoms with Gasteiger partial charge in [-0.15, -0.1) is 22.7 Å². The van der Waals surface area contributed by atoms with E-state index in [2.05, 4.69) is 61.8 Å². The van der Waals surface area contributed by atoms with Gasteiger partial charge in [-0.2, -0.15) is 0 Å². The Morgan fingerprint density at radius 1 is 0.791 bits per heavy atom. The summed E-state index contributed by atoms with van der Waals surface area (Å²) in [6.07, 6.45) is -25.1. The fraction of sp³-hybridized carbons (Fsp3) is 0.588. The van der Waals surface area contributed by atoms with E-state index in [1.54, 1.807) is 10.8 Å².